The van der Waals surface area contributed by atoms with Crippen molar-refractivity contribution in [2.24, 2.45) is 0 Å². The number of H-pyrrole nitrogens is 1. The van der Waals surface area contributed by atoms with Gasteiger partial charge in [0.05, 0.1) is 13.4 Å². The van der Waals surface area contributed by atoms with E-state index in [0.29, 0.717) is 17.0 Å². The third kappa shape index (κ3) is 2.10. The summed E-state index contributed by atoms with van der Waals surface area (Å²) in [5.41, 5.74) is 6.57. The van der Waals surface area contributed by atoms with Crippen molar-refractivity contribution in [1.29, 1.82) is 0 Å². The van der Waals surface area contributed by atoms with Crippen LogP contribution in [0.1, 0.15) is 6.92 Å². The van der Waals surface area contributed by atoms with Crippen LogP contribution in [0.5, 0.6) is 0 Å². The molecule has 0 spiro atoms. The second-order valence-electron chi connectivity index (χ2n) is 3.42. The highest BCUT2D eigenvalue weighted by atomic mass is 16.5. The second-order valence-corrected chi connectivity index (χ2v) is 3.42. The van der Waals surface area contributed by atoms with E-state index in [4.69, 9.17) is 5.73 Å². The van der Waals surface area contributed by atoms with Crippen molar-refractivity contribution in [2.75, 3.05) is 18.2 Å². The molecule has 90 valence electrons. The van der Waals surface area contributed by atoms with Crippen molar-refractivity contribution in [3.8, 4) is 0 Å². The van der Waals surface area contributed by atoms with Gasteiger partial charge in [0.1, 0.15) is 11.6 Å². The van der Waals surface area contributed by atoms with Gasteiger partial charge in [-0.25, -0.2) is 9.78 Å². The zero-order chi connectivity index (χ0) is 12.4. The number of fused-ring (bicyclic) bond motifs is 1. The Balaban J connectivity index is 2.34. The number of imidazole rings is 1. The second kappa shape index (κ2) is 4.24. The van der Waals surface area contributed by atoms with Crippen LogP contribution in [0.4, 0.5) is 11.8 Å². The number of anilines is 2. The highest BCUT2D eigenvalue weighted by molar-refractivity contribution is 5.86. The highest BCUT2D eigenvalue weighted by Gasteiger charge is 2.16. The smallest absolute Gasteiger partial charge is 0.328 e. The van der Waals surface area contributed by atoms with Gasteiger partial charge in [-0.1, -0.05) is 0 Å². The minimum Gasteiger partial charge on any atom is -0.467 e. The molecule has 17 heavy (non-hydrogen) atoms. The summed E-state index contributed by atoms with van der Waals surface area (Å²) in [6, 6.07) is -0.541. The molecule has 1 atom stereocenters. The Morgan fingerprint density at radius 3 is 3.06 bits per heavy atom. The van der Waals surface area contributed by atoms with Crippen molar-refractivity contribution in [1.82, 2.24) is 19.9 Å². The number of esters is 1. The summed E-state index contributed by atoms with van der Waals surface area (Å²) in [4.78, 5) is 26.1. The lowest BCUT2D eigenvalue weighted by Gasteiger charge is -2.12. The van der Waals surface area contributed by atoms with Crippen molar-refractivity contribution < 1.29 is 9.53 Å². The summed E-state index contributed by atoms with van der Waals surface area (Å²) in [5.74, 6) is 0.113. The number of hydrogen-bond donors (Lipinski definition) is 3. The lowest BCUT2D eigenvalue weighted by Crippen LogP contribution is -2.27. The van der Waals surface area contributed by atoms with E-state index in [2.05, 4.69) is 30.0 Å². The van der Waals surface area contributed by atoms with Crippen LogP contribution >= 0.6 is 0 Å². The average molecular weight is 236 g/mol. The summed E-state index contributed by atoms with van der Waals surface area (Å²) in [6.07, 6.45) is 1.48. The van der Waals surface area contributed by atoms with Crippen molar-refractivity contribution in [3.63, 3.8) is 0 Å². The number of rotatable bonds is 3. The van der Waals surface area contributed by atoms with Crippen molar-refractivity contribution >= 4 is 28.9 Å². The number of carbonyl (C=O) groups excluding carboxylic acids is 1. The van der Waals surface area contributed by atoms with Crippen LogP contribution in [0.15, 0.2) is 6.33 Å². The number of methoxy groups -OCH3 is 1. The number of ether oxygens (including phenoxy) is 1. The number of hydrogen-bond acceptors (Lipinski definition) is 7. The van der Waals surface area contributed by atoms with E-state index in [1.165, 1.54) is 13.4 Å². The molecule has 0 bridgehead atoms. The first-order valence-corrected chi connectivity index (χ1v) is 4.92. The zero-order valence-corrected chi connectivity index (χ0v) is 9.39. The van der Waals surface area contributed by atoms with Gasteiger partial charge in [0.2, 0.25) is 5.95 Å². The van der Waals surface area contributed by atoms with E-state index < -0.39 is 12.0 Å². The number of aromatic amines is 1. The maximum atomic E-state index is 11.3. The molecule has 2 aromatic rings. The monoisotopic (exact) mass is 236 g/mol. The molecule has 0 amide bonds. The quantitative estimate of drug-likeness (QED) is 0.637. The third-order valence-corrected chi connectivity index (χ3v) is 2.21. The molecule has 0 aliphatic carbocycles. The number of nitrogen functional groups attached to an aromatic ring is 1. The molecular formula is C9H12N6O2. The molecule has 2 rings (SSSR count). The first-order chi connectivity index (χ1) is 8.11. The molecule has 0 fully saturated rings. The summed E-state index contributed by atoms with van der Waals surface area (Å²) < 4.78 is 4.61. The predicted octanol–water partition coefficient (Wildman–Crippen LogP) is -0.0915. The lowest BCUT2D eigenvalue weighted by molar-refractivity contribution is -0.141. The fraction of sp³-hybridized carbons (Fsp3) is 0.333. The van der Waals surface area contributed by atoms with Gasteiger partial charge in [0, 0.05) is 0 Å². The van der Waals surface area contributed by atoms with Gasteiger partial charge in [-0.15, -0.1) is 0 Å². The standard InChI is InChI=1S/C9H12N6O2/c1-4(8(16)17-2)13-7-5-6(12-3-11-5)14-9(10)15-7/h3-4H,1-2H3,(H4,10,11,12,13,14,15). The molecule has 0 aliphatic rings. The molecule has 2 heterocycles. The van der Waals surface area contributed by atoms with E-state index in [-0.39, 0.29) is 5.95 Å². The van der Waals surface area contributed by atoms with Gasteiger partial charge in [0.25, 0.3) is 0 Å². The fourth-order valence-electron chi connectivity index (χ4n) is 1.40. The molecular weight excluding hydrogens is 224 g/mol. The van der Waals surface area contributed by atoms with Gasteiger partial charge in [-0.3, -0.25) is 0 Å². The van der Waals surface area contributed by atoms with Crippen LogP contribution < -0.4 is 11.1 Å². The molecule has 8 heteroatoms. The zero-order valence-electron chi connectivity index (χ0n) is 9.39. The Bertz CT molecular complexity index is 551. The Hall–Kier alpha value is -2.38. The molecule has 0 saturated carbocycles. The van der Waals surface area contributed by atoms with Gasteiger partial charge < -0.3 is 20.8 Å². The van der Waals surface area contributed by atoms with E-state index in [1.54, 1.807) is 6.92 Å². The summed E-state index contributed by atoms with van der Waals surface area (Å²) in [6.45, 7) is 1.66. The molecule has 0 saturated heterocycles. The summed E-state index contributed by atoms with van der Waals surface area (Å²) in [7, 11) is 1.32. The van der Waals surface area contributed by atoms with Crippen LogP contribution in [0, 0.1) is 0 Å². The Kier molecular flexibility index (Phi) is 2.77. The van der Waals surface area contributed by atoms with Gasteiger partial charge in [-0.05, 0) is 6.92 Å². The average Bonchev–Trinajstić information content (AvgIpc) is 2.75. The molecule has 4 N–H and O–H groups in total. The van der Waals surface area contributed by atoms with Crippen LogP contribution in [0.2, 0.25) is 0 Å². The van der Waals surface area contributed by atoms with Crippen molar-refractivity contribution in [2.45, 2.75) is 13.0 Å². The van der Waals surface area contributed by atoms with Gasteiger partial charge in [-0.2, -0.15) is 9.97 Å². The first-order valence-electron chi connectivity index (χ1n) is 4.92. The maximum absolute atomic E-state index is 11.3. The maximum Gasteiger partial charge on any atom is 0.328 e. The Morgan fingerprint density at radius 1 is 1.59 bits per heavy atom. The minimum atomic E-state index is -0.541. The Labute approximate surface area is 96.6 Å². The third-order valence-electron chi connectivity index (χ3n) is 2.21. The molecule has 2 aromatic heterocycles. The predicted molar refractivity (Wildman–Crippen MR) is 61.2 cm³/mol. The lowest BCUT2D eigenvalue weighted by atomic mass is 10.3. The summed E-state index contributed by atoms with van der Waals surface area (Å²) in [5, 5.41) is 2.89. The molecule has 0 aliphatic heterocycles. The topological polar surface area (TPSA) is 119 Å². The van der Waals surface area contributed by atoms with E-state index in [0.717, 1.165) is 0 Å². The van der Waals surface area contributed by atoms with Crippen LogP contribution in [0.25, 0.3) is 11.2 Å². The van der Waals surface area contributed by atoms with Gasteiger partial charge >= 0.3 is 5.97 Å². The number of carbonyl (C=O) groups is 1. The number of nitrogens with two attached hydrogens (primary N) is 1. The van der Waals surface area contributed by atoms with Crippen molar-refractivity contribution in [3.05, 3.63) is 6.33 Å². The van der Waals surface area contributed by atoms with Gasteiger partial charge in [0.15, 0.2) is 11.5 Å². The van der Waals surface area contributed by atoms with E-state index in [1.807, 2.05) is 0 Å². The normalized spacial score (nSPS) is 12.4. The van der Waals surface area contributed by atoms with E-state index >= 15 is 0 Å². The largest absolute Gasteiger partial charge is 0.467 e. The summed E-state index contributed by atoms with van der Waals surface area (Å²) >= 11 is 0. The SMILES string of the molecule is COC(=O)C(C)Nc1nc(N)nc2nc[nH]c12. The molecule has 1 unspecified atom stereocenters. The van der Waals surface area contributed by atoms with Crippen LogP contribution in [-0.2, 0) is 9.53 Å². The highest BCUT2D eigenvalue weighted by Crippen LogP contribution is 2.18. The Morgan fingerprint density at radius 2 is 2.35 bits per heavy atom. The molecule has 8 nitrogen and oxygen atoms in total. The fourth-order valence-corrected chi connectivity index (χ4v) is 1.40. The number of nitrogens with one attached hydrogen (secondary N) is 2. The van der Waals surface area contributed by atoms with Crippen LogP contribution in [0.3, 0.4) is 0 Å². The van der Waals surface area contributed by atoms with Crippen LogP contribution in [-0.4, -0.2) is 39.1 Å². The number of aromatic nitrogens is 4. The minimum absolute atomic E-state index is 0.0872. The first kappa shape index (κ1) is 11.1. The molecule has 0 radical (unpaired) electrons. The molecule has 0 aromatic carbocycles. The number of nitrogens with zero attached hydrogens (tertiary/aromatic N) is 3. The van der Waals surface area contributed by atoms with E-state index in [9.17, 15) is 4.79 Å².